The molecule has 0 saturated carbocycles. The van der Waals surface area contributed by atoms with Gasteiger partial charge < -0.3 is 11.1 Å². The second-order valence-electron chi connectivity index (χ2n) is 5.66. The smallest absolute Gasteiger partial charge is 0.137 e. The van der Waals surface area contributed by atoms with Crippen LogP contribution < -0.4 is 11.1 Å². The number of para-hydroxylation sites is 2. The van der Waals surface area contributed by atoms with E-state index in [2.05, 4.69) is 17.8 Å². The van der Waals surface area contributed by atoms with Crippen LogP contribution in [0.25, 0.3) is 5.70 Å². The van der Waals surface area contributed by atoms with Crippen LogP contribution in [0.5, 0.6) is 0 Å². The van der Waals surface area contributed by atoms with Gasteiger partial charge in [0.25, 0.3) is 0 Å². The summed E-state index contributed by atoms with van der Waals surface area (Å²) >= 11 is 0. The average molecular weight is 318 g/mol. The fraction of sp³-hybridized carbons (Fsp3) is 0.190. The van der Waals surface area contributed by atoms with Crippen molar-refractivity contribution in [2.75, 3.05) is 11.1 Å². The molecule has 0 atom stereocenters. The molecule has 0 aliphatic rings. The zero-order valence-corrected chi connectivity index (χ0v) is 13.7. The molecular formula is C21H22N2O. The van der Waals surface area contributed by atoms with Crippen LogP contribution >= 0.6 is 0 Å². The lowest BCUT2D eigenvalue weighted by Crippen LogP contribution is -2.03. The van der Waals surface area contributed by atoms with E-state index >= 15 is 0 Å². The first-order valence-electron chi connectivity index (χ1n) is 7.95. The van der Waals surface area contributed by atoms with Crippen LogP contribution in [0.15, 0.2) is 55.1 Å². The third-order valence-electron chi connectivity index (χ3n) is 3.73. The SMILES string of the molecule is C#CCCCC(=O)Cc1ccc(C(=C)Nc2ccccc2N)cc1. The fourth-order valence-corrected chi connectivity index (χ4v) is 2.37. The maximum atomic E-state index is 11.9. The molecule has 0 spiro atoms. The van der Waals surface area contributed by atoms with Gasteiger partial charge in [-0.3, -0.25) is 4.79 Å². The van der Waals surface area contributed by atoms with Crippen molar-refractivity contribution in [3.05, 3.63) is 66.2 Å². The number of benzene rings is 2. The number of Topliss-reactive ketones (excluding diaryl/α,β-unsaturated/α-hetero) is 1. The van der Waals surface area contributed by atoms with Crippen molar-refractivity contribution < 1.29 is 4.79 Å². The van der Waals surface area contributed by atoms with Gasteiger partial charge in [0.2, 0.25) is 0 Å². The van der Waals surface area contributed by atoms with Gasteiger partial charge in [-0.25, -0.2) is 0 Å². The number of hydrogen-bond acceptors (Lipinski definition) is 3. The lowest BCUT2D eigenvalue weighted by Gasteiger charge is -2.12. The van der Waals surface area contributed by atoms with E-state index in [0.717, 1.165) is 28.9 Å². The Balaban J connectivity index is 1.94. The standard InChI is InChI=1S/C21H22N2O/c1-3-4-5-8-19(24)15-17-11-13-18(14-12-17)16(2)23-21-10-7-6-9-20(21)22/h1,6-7,9-14,23H,2,4-5,8,15,22H2. The summed E-state index contributed by atoms with van der Waals surface area (Å²) in [7, 11) is 0. The van der Waals surface area contributed by atoms with Gasteiger partial charge in [0.15, 0.2) is 0 Å². The second kappa shape index (κ2) is 8.59. The summed E-state index contributed by atoms with van der Waals surface area (Å²) in [5.74, 6) is 2.77. The summed E-state index contributed by atoms with van der Waals surface area (Å²) in [5, 5.41) is 3.22. The van der Waals surface area contributed by atoms with Gasteiger partial charge in [-0.1, -0.05) is 43.0 Å². The van der Waals surface area contributed by atoms with Crippen molar-refractivity contribution >= 4 is 22.9 Å². The van der Waals surface area contributed by atoms with E-state index in [4.69, 9.17) is 12.2 Å². The highest BCUT2D eigenvalue weighted by molar-refractivity contribution is 5.82. The Morgan fingerprint density at radius 1 is 1.17 bits per heavy atom. The molecular weight excluding hydrogens is 296 g/mol. The van der Waals surface area contributed by atoms with Crippen LogP contribution in [0, 0.1) is 12.3 Å². The molecule has 2 aromatic carbocycles. The Morgan fingerprint density at radius 3 is 2.54 bits per heavy atom. The molecule has 122 valence electrons. The summed E-state index contributed by atoms with van der Waals surface area (Å²) in [4.78, 5) is 11.9. The highest BCUT2D eigenvalue weighted by atomic mass is 16.1. The van der Waals surface area contributed by atoms with E-state index in [1.54, 1.807) is 0 Å². The Labute approximate surface area is 143 Å². The molecule has 0 radical (unpaired) electrons. The van der Waals surface area contributed by atoms with Crippen molar-refractivity contribution in [2.45, 2.75) is 25.7 Å². The summed E-state index contributed by atoms with van der Waals surface area (Å²) in [5.41, 5.74) is 10.1. The van der Waals surface area contributed by atoms with Crippen molar-refractivity contribution in [3.63, 3.8) is 0 Å². The number of nitrogens with two attached hydrogens (primary N) is 1. The van der Waals surface area contributed by atoms with Crippen LogP contribution in [0.3, 0.4) is 0 Å². The third-order valence-corrected chi connectivity index (χ3v) is 3.73. The second-order valence-corrected chi connectivity index (χ2v) is 5.66. The van der Waals surface area contributed by atoms with Crippen LogP contribution in [-0.2, 0) is 11.2 Å². The van der Waals surface area contributed by atoms with Gasteiger partial charge in [-0.2, -0.15) is 0 Å². The predicted octanol–water partition coefficient (Wildman–Crippen LogP) is 4.27. The Bertz CT molecular complexity index is 754. The molecule has 0 aliphatic carbocycles. The fourth-order valence-electron chi connectivity index (χ4n) is 2.37. The molecule has 0 saturated heterocycles. The maximum Gasteiger partial charge on any atom is 0.137 e. The third kappa shape index (κ3) is 5.03. The molecule has 0 bridgehead atoms. The average Bonchev–Trinajstić information content (AvgIpc) is 2.58. The molecule has 0 aromatic heterocycles. The van der Waals surface area contributed by atoms with Crippen LogP contribution in [0.2, 0.25) is 0 Å². The molecule has 0 heterocycles. The normalized spacial score (nSPS) is 9.96. The summed E-state index contributed by atoms with van der Waals surface area (Å²) in [6.45, 7) is 4.05. The van der Waals surface area contributed by atoms with Crippen LogP contribution in [0.4, 0.5) is 11.4 Å². The van der Waals surface area contributed by atoms with E-state index in [9.17, 15) is 4.79 Å². The highest BCUT2D eigenvalue weighted by Crippen LogP contribution is 2.22. The number of hydrogen-bond donors (Lipinski definition) is 2. The molecule has 0 unspecified atom stereocenters. The number of rotatable bonds is 8. The zero-order chi connectivity index (χ0) is 17.4. The number of nitrogen functional groups attached to an aromatic ring is 1. The Morgan fingerprint density at radius 2 is 1.88 bits per heavy atom. The Hall–Kier alpha value is -2.99. The number of carbonyl (C=O) groups excluding carboxylic acids is 1. The number of unbranched alkanes of at least 4 members (excludes halogenated alkanes) is 1. The minimum absolute atomic E-state index is 0.215. The highest BCUT2D eigenvalue weighted by Gasteiger charge is 2.05. The first-order valence-corrected chi connectivity index (χ1v) is 7.95. The largest absolute Gasteiger partial charge is 0.397 e. The topological polar surface area (TPSA) is 55.1 Å². The first-order chi connectivity index (χ1) is 11.6. The predicted molar refractivity (Wildman–Crippen MR) is 101 cm³/mol. The maximum absolute atomic E-state index is 11.9. The quantitative estimate of drug-likeness (QED) is 0.434. The van der Waals surface area contributed by atoms with Gasteiger partial charge in [0, 0.05) is 25.0 Å². The van der Waals surface area contributed by atoms with E-state index < -0.39 is 0 Å². The molecule has 2 aromatic rings. The summed E-state index contributed by atoms with van der Waals surface area (Å²) < 4.78 is 0. The lowest BCUT2D eigenvalue weighted by atomic mass is 10.0. The number of terminal acetylenes is 1. The summed E-state index contributed by atoms with van der Waals surface area (Å²) in [6.07, 6.45) is 7.58. The molecule has 3 N–H and O–H groups in total. The van der Waals surface area contributed by atoms with Crippen molar-refractivity contribution in [1.29, 1.82) is 0 Å². The molecule has 0 fully saturated rings. The first kappa shape index (κ1) is 17.4. The number of nitrogens with one attached hydrogen (secondary N) is 1. The van der Waals surface area contributed by atoms with E-state index in [1.165, 1.54) is 0 Å². The molecule has 24 heavy (non-hydrogen) atoms. The monoisotopic (exact) mass is 318 g/mol. The van der Waals surface area contributed by atoms with Gasteiger partial charge in [-0.15, -0.1) is 12.3 Å². The van der Waals surface area contributed by atoms with E-state index in [1.807, 2.05) is 48.5 Å². The number of carbonyl (C=O) groups is 1. The summed E-state index contributed by atoms with van der Waals surface area (Å²) in [6, 6.07) is 15.4. The zero-order valence-electron chi connectivity index (χ0n) is 13.7. The van der Waals surface area contributed by atoms with Crippen LogP contribution in [-0.4, -0.2) is 5.78 Å². The number of anilines is 2. The molecule has 3 nitrogen and oxygen atoms in total. The van der Waals surface area contributed by atoms with Crippen LogP contribution in [0.1, 0.15) is 30.4 Å². The van der Waals surface area contributed by atoms with Gasteiger partial charge in [0.05, 0.1) is 11.4 Å². The lowest BCUT2D eigenvalue weighted by molar-refractivity contribution is -0.118. The molecule has 0 amide bonds. The molecule has 3 heteroatoms. The molecule has 0 aliphatic heterocycles. The number of ketones is 1. The van der Waals surface area contributed by atoms with Crippen molar-refractivity contribution in [2.24, 2.45) is 0 Å². The molecule has 2 rings (SSSR count). The van der Waals surface area contributed by atoms with E-state index in [0.29, 0.717) is 24.9 Å². The van der Waals surface area contributed by atoms with Gasteiger partial charge >= 0.3 is 0 Å². The van der Waals surface area contributed by atoms with Crippen molar-refractivity contribution in [1.82, 2.24) is 0 Å². The van der Waals surface area contributed by atoms with E-state index in [-0.39, 0.29) is 5.78 Å². The Kier molecular flexibility index (Phi) is 6.22. The van der Waals surface area contributed by atoms with Crippen molar-refractivity contribution in [3.8, 4) is 12.3 Å². The van der Waals surface area contributed by atoms with Gasteiger partial charge in [-0.05, 0) is 29.7 Å². The minimum Gasteiger partial charge on any atom is -0.397 e. The minimum atomic E-state index is 0.215. The van der Waals surface area contributed by atoms with Gasteiger partial charge in [0.1, 0.15) is 5.78 Å².